The van der Waals surface area contributed by atoms with Crippen LogP contribution in [-0.4, -0.2) is 5.16 Å². The van der Waals surface area contributed by atoms with Crippen molar-refractivity contribution in [1.29, 1.82) is 0 Å². The molecular formula is C11H15NO. The highest BCUT2D eigenvalue weighted by Gasteiger charge is 2.09. The van der Waals surface area contributed by atoms with Crippen LogP contribution in [0.1, 0.15) is 30.7 Å². The molecule has 0 N–H and O–H groups in total. The molecule has 0 spiro atoms. The molecule has 0 aliphatic carbocycles. The van der Waals surface area contributed by atoms with Crippen LogP contribution in [0, 0.1) is 6.92 Å². The van der Waals surface area contributed by atoms with E-state index in [-0.39, 0.29) is 0 Å². The fourth-order valence-corrected chi connectivity index (χ4v) is 1.22. The molecule has 2 nitrogen and oxygen atoms in total. The van der Waals surface area contributed by atoms with Crippen LogP contribution in [0.3, 0.4) is 0 Å². The molecule has 1 heterocycles. The van der Waals surface area contributed by atoms with Gasteiger partial charge in [-0.3, -0.25) is 0 Å². The topological polar surface area (TPSA) is 26.0 Å². The summed E-state index contributed by atoms with van der Waals surface area (Å²) in [7, 11) is 0. The van der Waals surface area contributed by atoms with Gasteiger partial charge in [0, 0.05) is 12.0 Å². The Morgan fingerprint density at radius 1 is 1.69 bits per heavy atom. The standard InChI is InChI=1S/C11H15NO/c1-4-6-7-10(5-2)11-8-9(3)13-12-11/h4,6-8,10H,1,5H2,2-3H3/b7-6-. The first-order chi connectivity index (χ1) is 6.27. The van der Waals surface area contributed by atoms with Crippen LogP contribution < -0.4 is 0 Å². The predicted molar refractivity (Wildman–Crippen MR) is 53.6 cm³/mol. The van der Waals surface area contributed by atoms with E-state index in [1.807, 2.05) is 19.1 Å². The molecule has 0 saturated heterocycles. The van der Waals surface area contributed by atoms with Crippen molar-refractivity contribution in [3.8, 4) is 0 Å². The maximum Gasteiger partial charge on any atom is 0.133 e. The predicted octanol–water partition coefficient (Wildman–Crippen LogP) is 3.22. The van der Waals surface area contributed by atoms with Gasteiger partial charge in [0.05, 0.1) is 5.69 Å². The summed E-state index contributed by atoms with van der Waals surface area (Å²) in [4.78, 5) is 0. The highest BCUT2D eigenvalue weighted by molar-refractivity contribution is 5.17. The van der Waals surface area contributed by atoms with Gasteiger partial charge in [0.15, 0.2) is 0 Å². The zero-order chi connectivity index (χ0) is 9.68. The van der Waals surface area contributed by atoms with Crippen molar-refractivity contribution in [3.05, 3.63) is 42.3 Å². The summed E-state index contributed by atoms with van der Waals surface area (Å²) < 4.78 is 5.02. The lowest BCUT2D eigenvalue weighted by molar-refractivity contribution is 0.388. The minimum absolute atomic E-state index is 0.343. The average molecular weight is 177 g/mol. The van der Waals surface area contributed by atoms with Gasteiger partial charge in [0.1, 0.15) is 5.76 Å². The van der Waals surface area contributed by atoms with Gasteiger partial charge < -0.3 is 4.52 Å². The smallest absolute Gasteiger partial charge is 0.133 e. The van der Waals surface area contributed by atoms with E-state index in [1.165, 1.54) is 0 Å². The third kappa shape index (κ3) is 2.58. The minimum atomic E-state index is 0.343. The monoisotopic (exact) mass is 177 g/mol. The zero-order valence-corrected chi connectivity index (χ0v) is 8.16. The van der Waals surface area contributed by atoms with Crippen molar-refractivity contribution in [1.82, 2.24) is 5.16 Å². The summed E-state index contributed by atoms with van der Waals surface area (Å²) in [6.45, 7) is 7.67. The molecule has 1 aromatic rings. The maximum atomic E-state index is 5.02. The molecule has 1 rings (SSSR count). The summed E-state index contributed by atoms with van der Waals surface area (Å²) in [6.07, 6.45) is 6.83. The van der Waals surface area contributed by atoms with Crippen LogP contribution in [0.4, 0.5) is 0 Å². The summed E-state index contributed by atoms with van der Waals surface area (Å²) in [5, 5.41) is 3.98. The van der Waals surface area contributed by atoms with Gasteiger partial charge in [0.25, 0.3) is 0 Å². The molecule has 1 aromatic heterocycles. The summed E-state index contributed by atoms with van der Waals surface area (Å²) in [5.41, 5.74) is 0.998. The summed E-state index contributed by atoms with van der Waals surface area (Å²) >= 11 is 0. The Morgan fingerprint density at radius 3 is 2.92 bits per heavy atom. The average Bonchev–Trinajstić information content (AvgIpc) is 2.54. The van der Waals surface area contributed by atoms with Crippen molar-refractivity contribution in [2.45, 2.75) is 26.2 Å². The van der Waals surface area contributed by atoms with E-state index in [4.69, 9.17) is 4.52 Å². The van der Waals surface area contributed by atoms with Crippen LogP contribution in [-0.2, 0) is 0 Å². The van der Waals surface area contributed by atoms with E-state index in [2.05, 4.69) is 24.7 Å². The van der Waals surface area contributed by atoms with E-state index in [9.17, 15) is 0 Å². The van der Waals surface area contributed by atoms with Crippen molar-refractivity contribution in [3.63, 3.8) is 0 Å². The maximum absolute atomic E-state index is 5.02. The van der Waals surface area contributed by atoms with Crippen LogP contribution in [0.15, 0.2) is 35.4 Å². The van der Waals surface area contributed by atoms with Crippen molar-refractivity contribution in [2.75, 3.05) is 0 Å². The Bertz CT molecular complexity index is 299. The minimum Gasteiger partial charge on any atom is -0.361 e. The van der Waals surface area contributed by atoms with Gasteiger partial charge in [0.2, 0.25) is 0 Å². The van der Waals surface area contributed by atoms with Crippen LogP contribution >= 0.6 is 0 Å². The first-order valence-corrected chi connectivity index (χ1v) is 4.50. The quantitative estimate of drug-likeness (QED) is 0.660. The Labute approximate surface area is 78.9 Å². The number of rotatable bonds is 4. The normalized spacial score (nSPS) is 13.4. The molecule has 0 amide bonds. The lowest BCUT2D eigenvalue weighted by atomic mass is 10.0. The number of hydrogen-bond donors (Lipinski definition) is 0. The highest BCUT2D eigenvalue weighted by Crippen LogP contribution is 2.20. The first kappa shape index (κ1) is 9.78. The number of nitrogens with zero attached hydrogens (tertiary/aromatic N) is 1. The first-order valence-electron chi connectivity index (χ1n) is 4.50. The zero-order valence-electron chi connectivity index (χ0n) is 8.16. The van der Waals surface area contributed by atoms with Gasteiger partial charge in [-0.2, -0.15) is 0 Å². The molecule has 13 heavy (non-hydrogen) atoms. The molecular weight excluding hydrogens is 162 g/mol. The molecule has 0 aliphatic rings. The molecule has 1 unspecified atom stereocenters. The third-order valence-electron chi connectivity index (χ3n) is 1.95. The van der Waals surface area contributed by atoms with Gasteiger partial charge >= 0.3 is 0 Å². The van der Waals surface area contributed by atoms with Crippen molar-refractivity contribution >= 4 is 0 Å². The second kappa shape index (κ2) is 4.65. The lowest BCUT2D eigenvalue weighted by Crippen LogP contribution is -1.92. The number of aryl methyl sites for hydroxylation is 1. The number of aromatic nitrogens is 1. The molecule has 70 valence electrons. The van der Waals surface area contributed by atoms with Crippen molar-refractivity contribution in [2.24, 2.45) is 0 Å². The summed E-state index contributed by atoms with van der Waals surface area (Å²) in [6, 6.07) is 1.97. The lowest BCUT2D eigenvalue weighted by Gasteiger charge is -2.03. The van der Waals surface area contributed by atoms with Crippen LogP contribution in [0.25, 0.3) is 0 Å². The summed E-state index contributed by atoms with van der Waals surface area (Å²) in [5.74, 6) is 1.20. The molecule has 1 atom stereocenters. The Kier molecular flexibility index (Phi) is 3.50. The molecule has 0 aliphatic heterocycles. The van der Waals surface area contributed by atoms with E-state index >= 15 is 0 Å². The van der Waals surface area contributed by atoms with E-state index in [1.54, 1.807) is 6.08 Å². The van der Waals surface area contributed by atoms with Gasteiger partial charge in [-0.25, -0.2) is 0 Å². The molecule has 0 radical (unpaired) electrons. The Morgan fingerprint density at radius 2 is 2.46 bits per heavy atom. The second-order valence-corrected chi connectivity index (χ2v) is 3.00. The van der Waals surface area contributed by atoms with E-state index < -0.39 is 0 Å². The molecule has 0 saturated carbocycles. The van der Waals surface area contributed by atoms with Crippen molar-refractivity contribution < 1.29 is 4.52 Å². The second-order valence-electron chi connectivity index (χ2n) is 3.00. The number of allylic oxidation sites excluding steroid dienone is 3. The fourth-order valence-electron chi connectivity index (χ4n) is 1.22. The largest absolute Gasteiger partial charge is 0.361 e. The fraction of sp³-hybridized carbons (Fsp3) is 0.364. The van der Waals surface area contributed by atoms with Gasteiger partial charge in [-0.1, -0.05) is 36.9 Å². The molecule has 0 fully saturated rings. The third-order valence-corrected chi connectivity index (χ3v) is 1.95. The SMILES string of the molecule is C=C/C=C\C(CC)c1cc(C)on1. The highest BCUT2D eigenvalue weighted by atomic mass is 16.5. The van der Waals surface area contributed by atoms with Crippen LogP contribution in [0.5, 0.6) is 0 Å². The van der Waals surface area contributed by atoms with E-state index in [0.29, 0.717) is 5.92 Å². The van der Waals surface area contributed by atoms with Gasteiger partial charge in [-0.15, -0.1) is 0 Å². The Hall–Kier alpha value is -1.31. The molecule has 0 bridgehead atoms. The number of hydrogen-bond acceptors (Lipinski definition) is 2. The van der Waals surface area contributed by atoms with Gasteiger partial charge in [-0.05, 0) is 13.3 Å². The molecule has 0 aromatic carbocycles. The van der Waals surface area contributed by atoms with Crippen LogP contribution in [0.2, 0.25) is 0 Å². The van der Waals surface area contributed by atoms with E-state index in [0.717, 1.165) is 17.9 Å². The Balaban J connectivity index is 2.77. The molecule has 2 heteroatoms.